The Morgan fingerprint density at radius 3 is 2.30 bits per heavy atom. The van der Waals surface area contributed by atoms with Crippen LogP contribution >= 0.6 is 11.3 Å². The molecule has 27 heavy (non-hydrogen) atoms. The number of guanidine groups is 1. The maximum atomic E-state index is 11.9. The van der Waals surface area contributed by atoms with Gasteiger partial charge < -0.3 is 15.5 Å². The van der Waals surface area contributed by atoms with E-state index in [-0.39, 0.29) is 11.3 Å². The fourth-order valence-corrected chi connectivity index (χ4v) is 3.24. The predicted octanol–water partition coefficient (Wildman–Crippen LogP) is 3.01. The minimum absolute atomic E-state index is 0.00451. The third kappa shape index (κ3) is 6.06. The molecule has 0 atom stereocenters. The molecule has 0 aliphatic heterocycles. The zero-order valence-corrected chi connectivity index (χ0v) is 17.8. The van der Waals surface area contributed by atoms with Crippen molar-refractivity contribution in [1.82, 2.24) is 20.5 Å². The number of carbonyl (C=O) groups excluding carboxylic acids is 1. The van der Waals surface area contributed by atoms with Gasteiger partial charge in [0.25, 0.3) is 5.91 Å². The lowest BCUT2D eigenvalue weighted by atomic mass is 9.98. The minimum Gasteiger partial charge on any atom is -0.352 e. The molecule has 1 heterocycles. The molecule has 0 radical (unpaired) electrons. The molecular weight excluding hydrogens is 358 g/mol. The molecule has 1 aromatic heterocycles. The summed E-state index contributed by atoms with van der Waals surface area (Å²) in [6.07, 6.45) is 0. The summed E-state index contributed by atoms with van der Waals surface area (Å²) >= 11 is 1.69. The summed E-state index contributed by atoms with van der Waals surface area (Å²) in [5.74, 6) is 0.721. The lowest BCUT2D eigenvalue weighted by Gasteiger charge is -2.14. The van der Waals surface area contributed by atoms with Crippen molar-refractivity contribution in [2.45, 2.75) is 39.3 Å². The highest BCUT2D eigenvalue weighted by Gasteiger charge is 2.17. The number of carbonyl (C=O) groups is 1. The number of thiazole rings is 1. The summed E-state index contributed by atoms with van der Waals surface area (Å²) in [6, 6.07) is 7.60. The second-order valence-corrected chi connectivity index (χ2v) is 8.43. The van der Waals surface area contributed by atoms with E-state index in [2.05, 4.69) is 46.8 Å². The van der Waals surface area contributed by atoms with Crippen molar-refractivity contribution in [3.05, 3.63) is 51.5 Å². The number of nitrogens with one attached hydrogen (secondary N) is 2. The van der Waals surface area contributed by atoms with Gasteiger partial charge in [0.15, 0.2) is 5.96 Å². The lowest BCUT2D eigenvalue weighted by Crippen LogP contribution is -2.36. The average Bonchev–Trinajstić information content (AvgIpc) is 3.11. The standard InChI is InChI=1S/C20H29N5OS/c1-20(2,3)18-24-16(13-27-18)12-23-19(21-4)22-11-14-7-9-15(10-8-14)17(26)25(5)6/h7-10,13H,11-12H2,1-6H3,(H2,21,22,23). The summed E-state index contributed by atoms with van der Waals surface area (Å²) < 4.78 is 0. The molecule has 2 rings (SSSR count). The summed E-state index contributed by atoms with van der Waals surface area (Å²) in [7, 11) is 5.25. The molecule has 6 nitrogen and oxygen atoms in total. The molecule has 0 aliphatic rings. The Kier molecular flexibility index (Phi) is 6.96. The maximum Gasteiger partial charge on any atom is 0.253 e. The molecule has 0 bridgehead atoms. The molecule has 2 aromatic rings. The van der Waals surface area contributed by atoms with Gasteiger partial charge in [-0.1, -0.05) is 32.9 Å². The van der Waals surface area contributed by atoms with Crippen molar-refractivity contribution in [2.75, 3.05) is 21.1 Å². The first kappa shape index (κ1) is 20.9. The van der Waals surface area contributed by atoms with E-state index >= 15 is 0 Å². The van der Waals surface area contributed by atoms with Crippen molar-refractivity contribution in [1.29, 1.82) is 0 Å². The van der Waals surface area contributed by atoms with E-state index in [1.165, 1.54) is 0 Å². The van der Waals surface area contributed by atoms with Gasteiger partial charge >= 0.3 is 0 Å². The highest BCUT2D eigenvalue weighted by molar-refractivity contribution is 7.09. The van der Waals surface area contributed by atoms with Crippen LogP contribution < -0.4 is 10.6 Å². The first-order chi connectivity index (χ1) is 12.7. The zero-order valence-electron chi connectivity index (χ0n) is 17.0. The maximum absolute atomic E-state index is 11.9. The topological polar surface area (TPSA) is 69.6 Å². The van der Waals surface area contributed by atoms with Crippen LogP contribution in [0.25, 0.3) is 0 Å². The summed E-state index contributed by atoms with van der Waals surface area (Å²) in [6.45, 7) is 7.76. The van der Waals surface area contributed by atoms with E-state index in [1.807, 2.05) is 24.3 Å². The number of aromatic nitrogens is 1. The van der Waals surface area contributed by atoms with E-state index in [0.717, 1.165) is 16.3 Å². The van der Waals surface area contributed by atoms with E-state index in [0.29, 0.717) is 24.6 Å². The summed E-state index contributed by atoms with van der Waals surface area (Å²) in [5.41, 5.74) is 2.85. The lowest BCUT2D eigenvalue weighted by molar-refractivity contribution is 0.0827. The van der Waals surface area contributed by atoms with Crippen LogP contribution in [0.5, 0.6) is 0 Å². The molecule has 0 aliphatic carbocycles. The fraction of sp³-hybridized carbons (Fsp3) is 0.450. The van der Waals surface area contributed by atoms with Crippen LogP contribution in [0.1, 0.15) is 47.4 Å². The molecule has 1 amide bonds. The Morgan fingerprint density at radius 1 is 1.15 bits per heavy atom. The molecule has 146 valence electrons. The number of hydrogen-bond donors (Lipinski definition) is 2. The first-order valence-corrected chi connectivity index (χ1v) is 9.78. The predicted molar refractivity (Wildman–Crippen MR) is 112 cm³/mol. The average molecular weight is 388 g/mol. The van der Waals surface area contributed by atoms with Crippen molar-refractivity contribution in [3.63, 3.8) is 0 Å². The largest absolute Gasteiger partial charge is 0.352 e. The van der Waals surface area contributed by atoms with Gasteiger partial charge in [0.2, 0.25) is 0 Å². The quantitative estimate of drug-likeness (QED) is 0.611. The van der Waals surface area contributed by atoms with Gasteiger partial charge in [0.1, 0.15) is 0 Å². The van der Waals surface area contributed by atoms with Gasteiger partial charge in [-0.25, -0.2) is 4.98 Å². The van der Waals surface area contributed by atoms with E-state index in [1.54, 1.807) is 37.4 Å². The summed E-state index contributed by atoms with van der Waals surface area (Å²) in [4.78, 5) is 22.4. The van der Waals surface area contributed by atoms with Gasteiger partial charge in [-0.2, -0.15) is 0 Å². The SMILES string of the molecule is CN=C(NCc1ccc(C(=O)N(C)C)cc1)NCc1csc(C(C)(C)C)n1. The molecule has 2 N–H and O–H groups in total. The number of amides is 1. The Balaban J connectivity index is 1.87. The smallest absolute Gasteiger partial charge is 0.253 e. The Labute approximate surface area is 165 Å². The van der Waals surface area contributed by atoms with Crippen molar-refractivity contribution in [2.24, 2.45) is 4.99 Å². The van der Waals surface area contributed by atoms with Crippen molar-refractivity contribution in [3.8, 4) is 0 Å². The number of hydrogen-bond acceptors (Lipinski definition) is 4. The fourth-order valence-electron chi connectivity index (χ4n) is 2.34. The van der Waals surface area contributed by atoms with E-state index < -0.39 is 0 Å². The number of benzene rings is 1. The van der Waals surface area contributed by atoms with Crippen LogP contribution in [0, 0.1) is 0 Å². The molecule has 7 heteroatoms. The highest BCUT2D eigenvalue weighted by atomic mass is 32.1. The minimum atomic E-state index is 0.00451. The summed E-state index contributed by atoms with van der Waals surface area (Å²) in [5, 5.41) is 9.79. The first-order valence-electron chi connectivity index (χ1n) is 8.90. The Hall–Kier alpha value is -2.41. The van der Waals surface area contributed by atoms with Gasteiger partial charge in [-0.15, -0.1) is 11.3 Å². The molecule has 0 saturated carbocycles. The van der Waals surface area contributed by atoms with Crippen LogP contribution in [0.3, 0.4) is 0 Å². The molecule has 0 unspecified atom stereocenters. The second kappa shape index (κ2) is 8.99. The monoisotopic (exact) mass is 387 g/mol. The number of nitrogens with zero attached hydrogens (tertiary/aromatic N) is 3. The van der Waals surface area contributed by atoms with Crippen molar-refractivity contribution >= 4 is 23.2 Å². The van der Waals surface area contributed by atoms with Crippen LogP contribution in [0.4, 0.5) is 0 Å². The van der Waals surface area contributed by atoms with Crippen LogP contribution in [-0.2, 0) is 18.5 Å². The molecular formula is C20H29N5OS. The number of aliphatic imine (C=N–C) groups is 1. The molecule has 1 aromatic carbocycles. The molecule has 0 fully saturated rings. The van der Waals surface area contributed by atoms with Crippen LogP contribution in [0.15, 0.2) is 34.6 Å². The Bertz CT molecular complexity index is 787. The number of rotatable bonds is 5. The van der Waals surface area contributed by atoms with Crippen LogP contribution in [-0.4, -0.2) is 42.9 Å². The zero-order chi connectivity index (χ0) is 20.0. The van der Waals surface area contributed by atoms with Crippen LogP contribution in [0.2, 0.25) is 0 Å². The van der Waals surface area contributed by atoms with Gasteiger partial charge in [-0.3, -0.25) is 9.79 Å². The van der Waals surface area contributed by atoms with Gasteiger partial charge in [0, 0.05) is 44.0 Å². The van der Waals surface area contributed by atoms with E-state index in [4.69, 9.17) is 0 Å². The van der Waals surface area contributed by atoms with Gasteiger partial charge in [-0.05, 0) is 17.7 Å². The second-order valence-electron chi connectivity index (χ2n) is 7.57. The van der Waals surface area contributed by atoms with Gasteiger partial charge in [0.05, 0.1) is 17.2 Å². The highest BCUT2D eigenvalue weighted by Crippen LogP contribution is 2.25. The Morgan fingerprint density at radius 2 is 1.78 bits per heavy atom. The van der Waals surface area contributed by atoms with Crippen molar-refractivity contribution < 1.29 is 4.79 Å². The third-order valence-corrected chi connectivity index (χ3v) is 5.24. The van der Waals surface area contributed by atoms with E-state index in [9.17, 15) is 4.79 Å². The molecule has 0 spiro atoms. The third-order valence-electron chi connectivity index (χ3n) is 3.92. The molecule has 0 saturated heterocycles. The normalized spacial score (nSPS) is 12.0.